The van der Waals surface area contributed by atoms with E-state index in [2.05, 4.69) is 60.2 Å². The molecule has 0 aliphatic rings. The Hall–Kier alpha value is -0.380. The topological polar surface area (TPSA) is 38.0 Å². The molecule has 1 rings (SSSR count). The molecule has 1 aromatic rings. The smallest absolute Gasteiger partial charge is 0.0363 e. The molecule has 1 aromatic carbocycles. The molecule has 0 fully saturated rings. The van der Waals surface area contributed by atoms with E-state index in [0.29, 0.717) is 24.4 Å². The summed E-state index contributed by atoms with van der Waals surface area (Å²) in [7, 11) is 2.01. The van der Waals surface area contributed by atoms with Gasteiger partial charge < -0.3 is 11.1 Å². The van der Waals surface area contributed by atoms with Gasteiger partial charge in [-0.2, -0.15) is 0 Å². The predicted octanol–water partition coefficient (Wildman–Crippen LogP) is 3.25. The second kappa shape index (κ2) is 6.53. The quantitative estimate of drug-likeness (QED) is 0.876. The van der Waals surface area contributed by atoms with Gasteiger partial charge in [0.15, 0.2) is 0 Å². The second-order valence-corrected chi connectivity index (χ2v) is 5.83. The van der Waals surface area contributed by atoms with Crippen LogP contribution in [0.5, 0.6) is 0 Å². The summed E-state index contributed by atoms with van der Waals surface area (Å²) in [6, 6.07) is 6.75. The first-order valence-electron chi connectivity index (χ1n) is 6.14. The molecule has 0 radical (unpaired) electrons. The van der Waals surface area contributed by atoms with E-state index in [9.17, 15) is 0 Å². The highest BCUT2D eigenvalue weighted by molar-refractivity contribution is 9.10. The van der Waals surface area contributed by atoms with E-state index in [4.69, 9.17) is 5.73 Å². The van der Waals surface area contributed by atoms with Crippen LogP contribution in [0.3, 0.4) is 0 Å². The molecular weight excluding hydrogens is 276 g/mol. The van der Waals surface area contributed by atoms with Gasteiger partial charge in [0.1, 0.15) is 0 Å². The lowest BCUT2D eigenvalue weighted by atomic mass is 9.83. The van der Waals surface area contributed by atoms with Crippen LogP contribution in [0.25, 0.3) is 0 Å². The molecule has 2 atom stereocenters. The molecule has 3 N–H and O–H groups in total. The van der Waals surface area contributed by atoms with Crippen molar-refractivity contribution in [2.45, 2.75) is 26.8 Å². The monoisotopic (exact) mass is 298 g/mol. The van der Waals surface area contributed by atoms with Crippen LogP contribution in [-0.2, 0) is 0 Å². The minimum absolute atomic E-state index is 0.317. The molecular formula is C14H23BrN2. The standard InChI is InChI=1S/C14H23BrN2/c1-9(2)13(8-16)14(17-4)12-7-11(15)6-5-10(12)3/h5-7,9,13-14,17H,8,16H2,1-4H3. The van der Waals surface area contributed by atoms with Gasteiger partial charge in [0.25, 0.3) is 0 Å². The summed E-state index contributed by atoms with van der Waals surface area (Å²) in [6.07, 6.45) is 0. The average molecular weight is 299 g/mol. The second-order valence-electron chi connectivity index (χ2n) is 4.91. The van der Waals surface area contributed by atoms with Crippen LogP contribution in [-0.4, -0.2) is 13.6 Å². The molecule has 2 nitrogen and oxygen atoms in total. The van der Waals surface area contributed by atoms with Crippen molar-refractivity contribution in [3.05, 3.63) is 33.8 Å². The van der Waals surface area contributed by atoms with Crippen molar-refractivity contribution in [1.29, 1.82) is 0 Å². The van der Waals surface area contributed by atoms with Gasteiger partial charge in [-0.1, -0.05) is 35.8 Å². The number of nitrogens with one attached hydrogen (secondary N) is 1. The van der Waals surface area contributed by atoms with Crippen LogP contribution < -0.4 is 11.1 Å². The lowest BCUT2D eigenvalue weighted by Crippen LogP contribution is -2.34. The Morgan fingerprint density at radius 2 is 2.00 bits per heavy atom. The van der Waals surface area contributed by atoms with E-state index in [0.717, 1.165) is 4.47 Å². The van der Waals surface area contributed by atoms with Gasteiger partial charge in [0, 0.05) is 10.5 Å². The molecule has 0 spiro atoms. The van der Waals surface area contributed by atoms with Crippen molar-refractivity contribution in [3.63, 3.8) is 0 Å². The molecule has 17 heavy (non-hydrogen) atoms. The number of benzene rings is 1. The Labute approximate surface area is 113 Å². The summed E-state index contributed by atoms with van der Waals surface area (Å²) in [5.41, 5.74) is 8.57. The Kier molecular flexibility index (Phi) is 5.63. The van der Waals surface area contributed by atoms with Crippen molar-refractivity contribution >= 4 is 15.9 Å². The van der Waals surface area contributed by atoms with Gasteiger partial charge in [0.2, 0.25) is 0 Å². The van der Waals surface area contributed by atoms with Gasteiger partial charge in [-0.15, -0.1) is 0 Å². The first-order chi connectivity index (χ1) is 8.01. The van der Waals surface area contributed by atoms with Crippen molar-refractivity contribution in [1.82, 2.24) is 5.32 Å². The molecule has 0 aliphatic heterocycles. The average Bonchev–Trinajstić information content (AvgIpc) is 2.28. The molecule has 0 heterocycles. The SMILES string of the molecule is CNC(c1cc(Br)ccc1C)C(CN)C(C)C. The van der Waals surface area contributed by atoms with Crippen molar-refractivity contribution in [2.24, 2.45) is 17.6 Å². The Balaban J connectivity index is 3.11. The van der Waals surface area contributed by atoms with Gasteiger partial charge >= 0.3 is 0 Å². The van der Waals surface area contributed by atoms with Crippen LogP contribution in [0, 0.1) is 18.8 Å². The maximum atomic E-state index is 5.92. The third-order valence-corrected chi connectivity index (χ3v) is 3.94. The molecule has 96 valence electrons. The molecule has 2 unspecified atom stereocenters. The first kappa shape index (κ1) is 14.7. The third-order valence-electron chi connectivity index (χ3n) is 3.44. The molecule has 0 bridgehead atoms. The molecule has 0 amide bonds. The first-order valence-corrected chi connectivity index (χ1v) is 6.94. The summed E-state index contributed by atoms with van der Waals surface area (Å²) in [5.74, 6) is 1.02. The fourth-order valence-corrected chi connectivity index (χ4v) is 2.72. The normalized spacial score (nSPS) is 15.0. The Morgan fingerprint density at radius 1 is 1.35 bits per heavy atom. The summed E-state index contributed by atoms with van der Waals surface area (Å²) >= 11 is 3.54. The molecule has 0 saturated heterocycles. The lowest BCUT2D eigenvalue weighted by Gasteiger charge is -2.30. The maximum Gasteiger partial charge on any atom is 0.0363 e. The number of nitrogens with two attached hydrogens (primary N) is 1. The van der Waals surface area contributed by atoms with Crippen LogP contribution in [0.1, 0.15) is 31.0 Å². The van der Waals surface area contributed by atoms with E-state index < -0.39 is 0 Å². The van der Waals surface area contributed by atoms with Crippen LogP contribution >= 0.6 is 15.9 Å². The summed E-state index contributed by atoms with van der Waals surface area (Å²) in [6.45, 7) is 7.32. The predicted molar refractivity (Wildman–Crippen MR) is 78.1 cm³/mol. The fourth-order valence-electron chi connectivity index (χ4n) is 2.34. The van der Waals surface area contributed by atoms with E-state index in [-0.39, 0.29) is 0 Å². The minimum Gasteiger partial charge on any atom is -0.330 e. The maximum absolute atomic E-state index is 5.92. The molecule has 0 saturated carbocycles. The Morgan fingerprint density at radius 3 is 2.47 bits per heavy atom. The van der Waals surface area contributed by atoms with Gasteiger partial charge in [-0.25, -0.2) is 0 Å². The van der Waals surface area contributed by atoms with E-state index in [1.807, 2.05) is 7.05 Å². The molecule has 0 aromatic heterocycles. The van der Waals surface area contributed by atoms with Gasteiger partial charge in [-0.3, -0.25) is 0 Å². The highest BCUT2D eigenvalue weighted by atomic mass is 79.9. The van der Waals surface area contributed by atoms with E-state index >= 15 is 0 Å². The lowest BCUT2D eigenvalue weighted by molar-refractivity contribution is 0.298. The molecule has 0 aliphatic carbocycles. The summed E-state index contributed by atoms with van der Waals surface area (Å²) in [5, 5.41) is 3.42. The van der Waals surface area contributed by atoms with Crippen molar-refractivity contribution < 1.29 is 0 Å². The molecule has 3 heteroatoms. The highest BCUT2D eigenvalue weighted by Gasteiger charge is 2.24. The van der Waals surface area contributed by atoms with E-state index in [1.165, 1.54) is 11.1 Å². The highest BCUT2D eigenvalue weighted by Crippen LogP contribution is 2.30. The van der Waals surface area contributed by atoms with Crippen molar-refractivity contribution in [2.75, 3.05) is 13.6 Å². The Bertz CT molecular complexity index is 363. The minimum atomic E-state index is 0.317. The van der Waals surface area contributed by atoms with Crippen LogP contribution in [0.2, 0.25) is 0 Å². The third kappa shape index (κ3) is 3.54. The number of rotatable bonds is 5. The van der Waals surface area contributed by atoms with Gasteiger partial charge in [0.05, 0.1) is 0 Å². The zero-order chi connectivity index (χ0) is 13.0. The largest absolute Gasteiger partial charge is 0.330 e. The summed E-state index contributed by atoms with van der Waals surface area (Å²) in [4.78, 5) is 0. The van der Waals surface area contributed by atoms with Crippen LogP contribution in [0.15, 0.2) is 22.7 Å². The zero-order valence-electron chi connectivity index (χ0n) is 11.1. The zero-order valence-corrected chi connectivity index (χ0v) is 12.7. The van der Waals surface area contributed by atoms with Gasteiger partial charge in [-0.05, 0) is 55.6 Å². The fraction of sp³-hybridized carbons (Fsp3) is 0.571. The number of hydrogen-bond acceptors (Lipinski definition) is 2. The number of hydrogen-bond donors (Lipinski definition) is 2. The summed E-state index contributed by atoms with van der Waals surface area (Å²) < 4.78 is 1.12. The van der Waals surface area contributed by atoms with Crippen LogP contribution in [0.4, 0.5) is 0 Å². The van der Waals surface area contributed by atoms with E-state index in [1.54, 1.807) is 0 Å². The van der Waals surface area contributed by atoms with Crippen molar-refractivity contribution in [3.8, 4) is 0 Å². The number of halogens is 1. The number of aryl methyl sites for hydroxylation is 1.